The van der Waals surface area contributed by atoms with Gasteiger partial charge in [0.05, 0.1) is 0 Å². The molecule has 0 N–H and O–H groups in total. The molecule has 0 aromatic heterocycles. The topological polar surface area (TPSA) is 3.24 Å². The Bertz CT molecular complexity index is 54.5. The summed E-state index contributed by atoms with van der Waals surface area (Å²) < 4.78 is 0. The molecular formula is C15H39N. The van der Waals surface area contributed by atoms with Crippen molar-refractivity contribution in [2.45, 2.75) is 74.8 Å². The van der Waals surface area contributed by atoms with E-state index in [1.165, 1.54) is 6.42 Å². The molecule has 0 aromatic rings. The van der Waals surface area contributed by atoms with Crippen LogP contribution in [0.5, 0.6) is 0 Å². The van der Waals surface area contributed by atoms with Crippen LogP contribution in [0.4, 0.5) is 0 Å². The highest BCUT2D eigenvalue weighted by atomic mass is 15.1. The lowest BCUT2D eigenvalue weighted by molar-refractivity contribution is 0.265. The number of hydrogen-bond acceptors (Lipinski definition) is 1. The van der Waals surface area contributed by atoms with Gasteiger partial charge in [-0.1, -0.05) is 55.4 Å². The maximum atomic E-state index is 3.00. The molecule has 0 fully saturated rings. The maximum absolute atomic E-state index is 3.00. The fourth-order valence-electron chi connectivity index (χ4n) is 0.623. The number of hydrogen-bond donors (Lipinski definition) is 0. The molecule has 0 bridgehead atoms. The normalized spacial score (nSPS) is 8.69. The van der Waals surface area contributed by atoms with Crippen molar-refractivity contribution >= 4 is 0 Å². The van der Waals surface area contributed by atoms with Crippen molar-refractivity contribution in [3.05, 3.63) is 13.2 Å². The summed E-state index contributed by atoms with van der Waals surface area (Å²) >= 11 is 0. The van der Waals surface area contributed by atoms with E-state index in [2.05, 4.69) is 45.9 Å². The van der Waals surface area contributed by atoms with Gasteiger partial charge in [0.1, 0.15) is 0 Å². The summed E-state index contributed by atoms with van der Waals surface area (Å²) in [5, 5.41) is 0. The summed E-state index contributed by atoms with van der Waals surface area (Å²) in [4.78, 5) is 2.35. The molecule has 1 unspecified atom stereocenters. The second kappa shape index (κ2) is 46.5. The van der Waals surface area contributed by atoms with Crippen LogP contribution in [0, 0.1) is 0 Å². The van der Waals surface area contributed by atoms with Gasteiger partial charge in [0.25, 0.3) is 0 Å². The third kappa shape index (κ3) is 37.3. The van der Waals surface area contributed by atoms with Crippen LogP contribution in [0.2, 0.25) is 0 Å². The first-order chi connectivity index (χ1) is 7.72. The van der Waals surface area contributed by atoms with E-state index >= 15 is 0 Å². The molecule has 0 aliphatic carbocycles. The number of rotatable bonds is 3. The Morgan fingerprint density at radius 3 is 1.19 bits per heavy atom. The van der Waals surface area contributed by atoms with Crippen LogP contribution in [0.1, 0.15) is 68.7 Å². The van der Waals surface area contributed by atoms with Gasteiger partial charge < -0.3 is 4.90 Å². The van der Waals surface area contributed by atoms with E-state index in [9.17, 15) is 0 Å². The third-order valence-electron chi connectivity index (χ3n) is 1.84. The van der Waals surface area contributed by atoms with Crippen molar-refractivity contribution in [1.29, 1.82) is 0 Å². The van der Waals surface area contributed by atoms with Gasteiger partial charge in [-0.15, -0.1) is 13.2 Å². The highest BCUT2D eigenvalue weighted by Gasteiger charge is 2.01. The first-order valence-corrected chi connectivity index (χ1v) is 6.92. The minimum absolute atomic E-state index is 0.750. The summed E-state index contributed by atoms with van der Waals surface area (Å²) in [6.07, 6.45) is 1.25. The minimum atomic E-state index is 0.750. The van der Waals surface area contributed by atoms with E-state index in [-0.39, 0.29) is 0 Å². The first kappa shape index (κ1) is 29.6. The van der Waals surface area contributed by atoms with Crippen LogP contribution < -0.4 is 0 Å². The third-order valence-corrected chi connectivity index (χ3v) is 1.84. The summed E-state index contributed by atoms with van der Waals surface area (Å²) in [7, 11) is 2.16. The largest absolute Gasteiger partial charge is 0.304 e. The van der Waals surface area contributed by atoms with Crippen molar-refractivity contribution in [3.8, 4) is 0 Å². The first-order valence-electron chi connectivity index (χ1n) is 6.92. The van der Waals surface area contributed by atoms with Crippen LogP contribution in [-0.2, 0) is 0 Å². The standard InChI is InChI=1S/C7H17N.3C2H6.C2H4/c1-5-7(3)8(4)6-2;4*1-2/h7H,5-6H2,1-4H3;3*1-2H3;1-2H2. The van der Waals surface area contributed by atoms with Crippen molar-refractivity contribution in [2.24, 2.45) is 0 Å². The van der Waals surface area contributed by atoms with Gasteiger partial charge in [0.2, 0.25) is 0 Å². The van der Waals surface area contributed by atoms with E-state index in [0.717, 1.165) is 12.6 Å². The molecular weight excluding hydrogens is 194 g/mol. The monoisotopic (exact) mass is 233 g/mol. The maximum Gasteiger partial charge on any atom is 0.00611 e. The number of nitrogens with zero attached hydrogens (tertiary/aromatic N) is 1. The van der Waals surface area contributed by atoms with Gasteiger partial charge in [0, 0.05) is 6.04 Å². The quantitative estimate of drug-likeness (QED) is 0.572. The zero-order valence-corrected chi connectivity index (χ0v) is 13.9. The summed E-state index contributed by atoms with van der Waals surface area (Å²) in [5.74, 6) is 0. The van der Waals surface area contributed by atoms with Crippen molar-refractivity contribution in [2.75, 3.05) is 13.6 Å². The molecule has 0 aromatic carbocycles. The van der Waals surface area contributed by atoms with Gasteiger partial charge >= 0.3 is 0 Å². The minimum Gasteiger partial charge on any atom is -0.304 e. The molecule has 16 heavy (non-hydrogen) atoms. The molecule has 0 rings (SSSR count). The van der Waals surface area contributed by atoms with E-state index in [1.807, 2.05) is 41.5 Å². The predicted molar refractivity (Wildman–Crippen MR) is 83.4 cm³/mol. The molecule has 1 atom stereocenters. The Kier molecular flexibility index (Phi) is 86.2. The molecule has 0 amide bonds. The van der Waals surface area contributed by atoms with Crippen LogP contribution in [0.25, 0.3) is 0 Å². The molecule has 0 aliphatic rings. The Hall–Kier alpha value is -0.300. The molecule has 104 valence electrons. The Morgan fingerprint density at radius 1 is 0.875 bits per heavy atom. The predicted octanol–water partition coefficient (Wildman–Crippen LogP) is 5.62. The summed E-state index contributed by atoms with van der Waals surface area (Å²) in [6.45, 7) is 25.8. The molecule has 1 heteroatoms. The zero-order chi connectivity index (χ0) is 14.6. The second-order valence-corrected chi connectivity index (χ2v) is 2.33. The van der Waals surface area contributed by atoms with Crippen LogP contribution in [-0.4, -0.2) is 24.5 Å². The average molecular weight is 233 g/mol. The fourth-order valence-corrected chi connectivity index (χ4v) is 0.623. The van der Waals surface area contributed by atoms with Gasteiger partial charge in [-0.2, -0.15) is 0 Å². The molecule has 0 saturated carbocycles. The summed E-state index contributed by atoms with van der Waals surface area (Å²) in [5.41, 5.74) is 0. The van der Waals surface area contributed by atoms with Gasteiger partial charge in [-0.3, -0.25) is 0 Å². The molecule has 0 radical (unpaired) electrons. The second-order valence-electron chi connectivity index (χ2n) is 2.33. The summed E-state index contributed by atoms with van der Waals surface area (Å²) in [6, 6.07) is 0.750. The Balaban J connectivity index is -0.0000000426. The Morgan fingerprint density at radius 2 is 1.12 bits per heavy atom. The lowest BCUT2D eigenvalue weighted by Gasteiger charge is -2.20. The zero-order valence-electron chi connectivity index (χ0n) is 13.9. The average Bonchev–Trinajstić information content (AvgIpc) is 2.45. The van der Waals surface area contributed by atoms with Crippen molar-refractivity contribution in [3.63, 3.8) is 0 Å². The molecule has 0 spiro atoms. The van der Waals surface area contributed by atoms with E-state index in [4.69, 9.17) is 0 Å². The van der Waals surface area contributed by atoms with Gasteiger partial charge in [-0.05, 0) is 26.9 Å². The highest BCUT2D eigenvalue weighted by Crippen LogP contribution is 1.97. The van der Waals surface area contributed by atoms with E-state index in [1.54, 1.807) is 0 Å². The molecule has 0 saturated heterocycles. The highest BCUT2D eigenvalue weighted by molar-refractivity contribution is 4.56. The van der Waals surface area contributed by atoms with Crippen molar-refractivity contribution in [1.82, 2.24) is 4.90 Å². The van der Waals surface area contributed by atoms with Gasteiger partial charge in [-0.25, -0.2) is 0 Å². The molecule has 0 heterocycles. The van der Waals surface area contributed by atoms with Crippen LogP contribution >= 0.6 is 0 Å². The van der Waals surface area contributed by atoms with Crippen LogP contribution in [0.15, 0.2) is 13.2 Å². The fraction of sp³-hybridized carbons (Fsp3) is 0.867. The van der Waals surface area contributed by atoms with E-state index in [0.29, 0.717) is 0 Å². The van der Waals surface area contributed by atoms with Crippen molar-refractivity contribution < 1.29 is 0 Å². The van der Waals surface area contributed by atoms with Gasteiger partial charge in [0.15, 0.2) is 0 Å². The molecule has 1 nitrogen and oxygen atoms in total. The lowest BCUT2D eigenvalue weighted by atomic mass is 10.2. The SMILES string of the molecule is C=C.CC.CC.CC.CCC(C)N(C)CC. The molecule has 0 aliphatic heterocycles. The Labute approximate surface area is 107 Å². The van der Waals surface area contributed by atoms with Crippen LogP contribution in [0.3, 0.4) is 0 Å². The smallest absolute Gasteiger partial charge is 0.00611 e. The lowest BCUT2D eigenvalue weighted by Crippen LogP contribution is -2.27. The van der Waals surface area contributed by atoms with E-state index < -0.39 is 0 Å².